The quantitative estimate of drug-likeness (QED) is 0.685. The van der Waals surface area contributed by atoms with E-state index in [1.807, 2.05) is 0 Å². The first-order chi connectivity index (χ1) is 13.0. The van der Waals surface area contributed by atoms with Crippen LogP contribution in [0.25, 0.3) is 11.1 Å². The maximum Gasteiger partial charge on any atom is 0.338 e. The molecule has 142 valence electrons. The van der Waals surface area contributed by atoms with Gasteiger partial charge in [-0.25, -0.2) is 4.79 Å². The Labute approximate surface area is 157 Å². The van der Waals surface area contributed by atoms with Crippen LogP contribution in [0.15, 0.2) is 42.5 Å². The summed E-state index contributed by atoms with van der Waals surface area (Å²) in [5.74, 6) is -0.162. The maximum atomic E-state index is 12.4. The molecule has 0 unspecified atom stereocenters. The fraction of sp³-hybridized carbons (Fsp3) is 0.300. The molecule has 27 heavy (non-hydrogen) atoms. The first-order valence-electron chi connectivity index (χ1n) is 8.60. The highest BCUT2D eigenvalue weighted by Crippen LogP contribution is 2.28. The molecule has 2 aromatic carbocycles. The second-order valence-corrected chi connectivity index (χ2v) is 6.29. The number of benzene rings is 2. The van der Waals surface area contributed by atoms with Gasteiger partial charge in [-0.05, 0) is 41.5 Å². The third-order valence-electron chi connectivity index (χ3n) is 4.59. The second-order valence-electron chi connectivity index (χ2n) is 6.29. The van der Waals surface area contributed by atoms with E-state index in [1.54, 1.807) is 42.5 Å². The number of carbonyl (C=O) groups is 2. The molecule has 1 saturated heterocycles. The zero-order valence-corrected chi connectivity index (χ0v) is 15.2. The monoisotopic (exact) mass is 370 g/mol. The van der Waals surface area contributed by atoms with Crippen LogP contribution in [0.5, 0.6) is 5.75 Å². The number of hydrogen-bond donors (Lipinski definition) is 3. The van der Waals surface area contributed by atoms with Crippen LogP contribution in [-0.2, 0) is 4.74 Å². The van der Waals surface area contributed by atoms with E-state index < -0.39 is 12.1 Å². The van der Waals surface area contributed by atoms with Crippen molar-refractivity contribution < 1.29 is 24.2 Å². The smallest absolute Gasteiger partial charge is 0.338 e. The third-order valence-corrected chi connectivity index (χ3v) is 4.59. The largest absolute Gasteiger partial charge is 0.497 e. The molecule has 1 heterocycles. The lowest BCUT2D eigenvalue weighted by atomic mass is 9.98. The molecule has 0 saturated carbocycles. The lowest BCUT2D eigenvalue weighted by Gasteiger charge is -2.15. The molecule has 1 aliphatic heterocycles. The Morgan fingerprint density at radius 2 is 1.85 bits per heavy atom. The minimum absolute atomic E-state index is 0.253. The van der Waals surface area contributed by atoms with E-state index in [4.69, 9.17) is 9.47 Å². The molecule has 1 fully saturated rings. The van der Waals surface area contributed by atoms with E-state index in [0.29, 0.717) is 35.5 Å². The van der Waals surface area contributed by atoms with Crippen molar-refractivity contribution in [3.8, 4) is 16.9 Å². The van der Waals surface area contributed by atoms with Crippen LogP contribution in [0.2, 0.25) is 0 Å². The van der Waals surface area contributed by atoms with Crippen LogP contribution in [0, 0.1) is 0 Å². The van der Waals surface area contributed by atoms with Crippen molar-refractivity contribution in [2.45, 2.75) is 12.1 Å². The van der Waals surface area contributed by atoms with Gasteiger partial charge in [-0.1, -0.05) is 12.1 Å². The van der Waals surface area contributed by atoms with Gasteiger partial charge < -0.3 is 25.2 Å². The van der Waals surface area contributed by atoms with Gasteiger partial charge in [-0.2, -0.15) is 0 Å². The number of rotatable bonds is 5. The number of methoxy groups -OCH3 is 2. The molecule has 0 radical (unpaired) electrons. The first-order valence-corrected chi connectivity index (χ1v) is 8.60. The van der Waals surface area contributed by atoms with Gasteiger partial charge in [0.2, 0.25) is 0 Å². The molecule has 3 N–H and O–H groups in total. The van der Waals surface area contributed by atoms with E-state index in [-0.39, 0.29) is 11.9 Å². The topological polar surface area (TPSA) is 96.9 Å². The Kier molecular flexibility index (Phi) is 5.73. The van der Waals surface area contributed by atoms with E-state index >= 15 is 0 Å². The number of aliphatic hydroxyl groups is 1. The molecule has 1 aliphatic rings. The molecule has 2 aromatic rings. The lowest BCUT2D eigenvalue weighted by molar-refractivity contribution is 0.0601. The minimum atomic E-state index is -0.588. The summed E-state index contributed by atoms with van der Waals surface area (Å²) in [5.41, 5.74) is 2.32. The average Bonchev–Trinajstić information content (AvgIpc) is 3.11. The van der Waals surface area contributed by atoms with Gasteiger partial charge in [0.25, 0.3) is 5.91 Å². The number of β-amino-alcohol motifs (C(OH)–C–C–N with tert-alkyl or cyclic N) is 1. The van der Waals surface area contributed by atoms with Crippen molar-refractivity contribution >= 4 is 11.9 Å². The van der Waals surface area contributed by atoms with Gasteiger partial charge in [0.05, 0.1) is 31.9 Å². The molecular formula is C20H22N2O5. The molecular weight excluding hydrogens is 348 g/mol. The Morgan fingerprint density at radius 3 is 2.44 bits per heavy atom. The minimum Gasteiger partial charge on any atom is -0.497 e. The SMILES string of the molecule is COC(=O)c1cc(OC)ccc1-c1ccc(C(=O)N[C@@H]2CNC[C@H]2O)cc1. The van der Waals surface area contributed by atoms with Crippen molar-refractivity contribution in [1.82, 2.24) is 10.6 Å². The molecule has 2 atom stereocenters. The second kappa shape index (κ2) is 8.20. The predicted octanol–water partition coefficient (Wildman–Crippen LogP) is 1.21. The summed E-state index contributed by atoms with van der Waals surface area (Å²) in [4.78, 5) is 24.5. The van der Waals surface area contributed by atoms with Crippen LogP contribution in [0.3, 0.4) is 0 Å². The molecule has 0 bridgehead atoms. The van der Waals surface area contributed by atoms with Crippen molar-refractivity contribution in [2.75, 3.05) is 27.3 Å². The highest BCUT2D eigenvalue weighted by molar-refractivity contribution is 5.99. The molecule has 3 rings (SSSR count). The highest BCUT2D eigenvalue weighted by Gasteiger charge is 2.26. The fourth-order valence-corrected chi connectivity index (χ4v) is 3.05. The van der Waals surface area contributed by atoms with Crippen LogP contribution >= 0.6 is 0 Å². The van der Waals surface area contributed by atoms with Crippen molar-refractivity contribution in [3.05, 3.63) is 53.6 Å². The van der Waals surface area contributed by atoms with Crippen LogP contribution in [0.4, 0.5) is 0 Å². The summed E-state index contributed by atoms with van der Waals surface area (Å²) in [6, 6.07) is 11.8. The third kappa shape index (κ3) is 4.10. The summed E-state index contributed by atoms with van der Waals surface area (Å²) in [6.45, 7) is 1.01. The summed E-state index contributed by atoms with van der Waals surface area (Å²) in [7, 11) is 2.85. The Bertz CT molecular complexity index is 835. The molecule has 0 spiro atoms. The van der Waals surface area contributed by atoms with Crippen LogP contribution in [-0.4, -0.2) is 56.4 Å². The zero-order valence-electron chi connectivity index (χ0n) is 15.2. The van der Waals surface area contributed by atoms with Gasteiger partial charge in [0.1, 0.15) is 5.75 Å². The molecule has 7 nitrogen and oxygen atoms in total. The summed E-state index contributed by atoms with van der Waals surface area (Å²) in [6.07, 6.45) is -0.588. The lowest BCUT2D eigenvalue weighted by Crippen LogP contribution is -2.42. The van der Waals surface area contributed by atoms with Gasteiger partial charge in [0, 0.05) is 18.7 Å². The molecule has 0 aliphatic carbocycles. The Balaban J connectivity index is 1.83. The maximum absolute atomic E-state index is 12.4. The highest BCUT2D eigenvalue weighted by atomic mass is 16.5. The normalized spacial score (nSPS) is 18.8. The Hall–Kier alpha value is -2.90. The average molecular weight is 370 g/mol. The van der Waals surface area contributed by atoms with Crippen molar-refractivity contribution in [3.63, 3.8) is 0 Å². The summed E-state index contributed by atoms with van der Waals surface area (Å²) in [5, 5.41) is 15.6. The van der Waals surface area contributed by atoms with Gasteiger partial charge >= 0.3 is 5.97 Å². The number of carbonyl (C=O) groups excluding carboxylic acids is 2. The van der Waals surface area contributed by atoms with Crippen molar-refractivity contribution in [1.29, 1.82) is 0 Å². The number of amides is 1. The van der Waals surface area contributed by atoms with E-state index in [9.17, 15) is 14.7 Å². The predicted molar refractivity (Wildman–Crippen MR) is 99.9 cm³/mol. The van der Waals surface area contributed by atoms with Crippen molar-refractivity contribution in [2.24, 2.45) is 0 Å². The van der Waals surface area contributed by atoms with Crippen LogP contribution < -0.4 is 15.4 Å². The Morgan fingerprint density at radius 1 is 1.11 bits per heavy atom. The summed E-state index contributed by atoms with van der Waals surface area (Å²) >= 11 is 0. The number of nitrogens with one attached hydrogen (secondary N) is 2. The van der Waals surface area contributed by atoms with Gasteiger partial charge in [0.15, 0.2) is 0 Å². The molecule has 7 heteroatoms. The van der Waals surface area contributed by atoms with E-state index in [2.05, 4.69) is 10.6 Å². The van der Waals surface area contributed by atoms with E-state index in [1.165, 1.54) is 14.2 Å². The number of esters is 1. The number of hydrogen-bond acceptors (Lipinski definition) is 6. The summed E-state index contributed by atoms with van der Waals surface area (Å²) < 4.78 is 10.0. The van der Waals surface area contributed by atoms with Crippen LogP contribution in [0.1, 0.15) is 20.7 Å². The standard InChI is InChI=1S/C20H22N2O5/c1-26-14-7-8-15(16(9-14)20(25)27-2)12-3-5-13(6-4-12)19(24)22-17-10-21-11-18(17)23/h3-9,17-18,21,23H,10-11H2,1-2H3,(H,22,24)/t17-,18-/m1/s1. The van der Waals surface area contributed by atoms with Gasteiger partial charge in [-0.15, -0.1) is 0 Å². The fourth-order valence-electron chi connectivity index (χ4n) is 3.05. The molecule has 1 amide bonds. The molecule has 0 aromatic heterocycles. The zero-order chi connectivity index (χ0) is 19.4. The van der Waals surface area contributed by atoms with E-state index in [0.717, 1.165) is 5.56 Å². The first kappa shape index (κ1) is 18.9. The van der Waals surface area contributed by atoms with Gasteiger partial charge in [-0.3, -0.25) is 4.79 Å². The number of aliphatic hydroxyl groups excluding tert-OH is 1. The number of ether oxygens (including phenoxy) is 2.